The number of carbonyl (C=O) groups excluding carboxylic acids is 2. The molecule has 6 nitrogen and oxygen atoms in total. The van der Waals surface area contributed by atoms with Crippen molar-refractivity contribution < 1.29 is 19.1 Å². The first-order valence-corrected chi connectivity index (χ1v) is 9.78. The summed E-state index contributed by atoms with van der Waals surface area (Å²) in [7, 11) is 0. The average molecular weight is 389 g/mol. The molecule has 0 radical (unpaired) electrons. The largest absolute Gasteiger partial charge is 0.442 e. The van der Waals surface area contributed by atoms with E-state index in [0.29, 0.717) is 12.1 Å². The van der Waals surface area contributed by atoms with Gasteiger partial charge in [-0.1, -0.05) is 24.3 Å². The Morgan fingerprint density at radius 1 is 0.821 bits per heavy atom. The fourth-order valence-electron chi connectivity index (χ4n) is 2.82. The second kappa shape index (κ2) is 8.67. The van der Waals surface area contributed by atoms with Gasteiger partial charge in [0, 0.05) is 5.70 Å². The fourth-order valence-corrected chi connectivity index (χ4v) is 2.82. The van der Waals surface area contributed by atoms with Gasteiger partial charge in [-0.3, -0.25) is 0 Å². The lowest BCUT2D eigenvalue weighted by atomic mass is 10.0. The Morgan fingerprint density at radius 3 is 1.82 bits per heavy atom. The predicted molar refractivity (Wildman–Crippen MR) is 110 cm³/mol. The Bertz CT molecular complexity index is 714. The molecule has 0 bridgehead atoms. The second-order valence-corrected chi connectivity index (χ2v) is 8.86. The molecule has 28 heavy (non-hydrogen) atoms. The lowest BCUT2D eigenvalue weighted by molar-refractivity contribution is 0.0188. The number of para-hydroxylation sites is 1. The van der Waals surface area contributed by atoms with E-state index < -0.39 is 23.4 Å². The fraction of sp³-hybridized carbons (Fsp3) is 0.545. The standard InChI is InChI=1S/C22H32N2O4/c1-21(2,3)27-19(25)23(17-13-9-7-10-14-17)24(18-15-11-8-12-16-18)20(26)28-22(4,5)6/h7,9-10,13-15H,8,11-12,16H2,1-6H3. The zero-order valence-electron chi connectivity index (χ0n) is 17.8. The Kier molecular flexibility index (Phi) is 6.75. The minimum Gasteiger partial charge on any atom is -0.442 e. The molecule has 0 saturated carbocycles. The molecular weight excluding hydrogens is 356 g/mol. The highest BCUT2D eigenvalue weighted by atomic mass is 16.6. The van der Waals surface area contributed by atoms with Crippen LogP contribution in [0.2, 0.25) is 0 Å². The van der Waals surface area contributed by atoms with Gasteiger partial charge in [-0.05, 0) is 79.4 Å². The van der Waals surface area contributed by atoms with Crippen LogP contribution in [-0.2, 0) is 9.47 Å². The molecule has 2 amide bonds. The van der Waals surface area contributed by atoms with Gasteiger partial charge in [0.2, 0.25) is 0 Å². The summed E-state index contributed by atoms with van der Waals surface area (Å²) in [6, 6.07) is 9.02. The maximum Gasteiger partial charge on any atom is 0.434 e. The number of allylic oxidation sites excluding steroid dienone is 2. The number of benzene rings is 1. The first-order chi connectivity index (χ1) is 13.0. The van der Waals surface area contributed by atoms with E-state index in [1.54, 1.807) is 53.7 Å². The summed E-state index contributed by atoms with van der Waals surface area (Å²) < 4.78 is 11.2. The van der Waals surface area contributed by atoms with Crippen LogP contribution >= 0.6 is 0 Å². The summed E-state index contributed by atoms with van der Waals surface area (Å²) in [4.78, 5) is 26.3. The molecule has 1 aromatic carbocycles. The van der Waals surface area contributed by atoms with Crippen LogP contribution in [0, 0.1) is 0 Å². The number of hydrogen-bond acceptors (Lipinski definition) is 4. The first-order valence-electron chi connectivity index (χ1n) is 9.78. The smallest absolute Gasteiger partial charge is 0.434 e. The van der Waals surface area contributed by atoms with Crippen LogP contribution < -0.4 is 5.01 Å². The van der Waals surface area contributed by atoms with Gasteiger partial charge in [-0.2, -0.15) is 10.0 Å². The molecule has 154 valence electrons. The monoisotopic (exact) mass is 388 g/mol. The van der Waals surface area contributed by atoms with Gasteiger partial charge in [0.1, 0.15) is 11.2 Å². The molecule has 0 fully saturated rings. The number of rotatable bonds is 2. The van der Waals surface area contributed by atoms with Gasteiger partial charge >= 0.3 is 12.2 Å². The van der Waals surface area contributed by atoms with Crippen molar-refractivity contribution in [3.8, 4) is 0 Å². The van der Waals surface area contributed by atoms with Crippen LogP contribution in [0.25, 0.3) is 0 Å². The van der Waals surface area contributed by atoms with E-state index in [0.717, 1.165) is 25.0 Å². The maximum atomic E-state index is 13.2. The van der Waals surface area contributed by atoms with Gasteiger partial charge in [0.25, 0.3) is 0 Å². The van der Waals surface area contributed by atoms with E-state index in [-0.39, 0.29) is 0 Å². The highest BCUT2D eigenvalue weighted by molar-refractivity contribution is 5.91. The van der Waals surface area contributed by atoms with Crippen LogP contribution in [0.3, 0.4) is 0 Å². The molecule has 1 aromatic rings. The van der Waals surface area contributed by atoms with E-state index in [4.69, 9.17) is 9.47 Å². The molecule has 0 N–H and O–H groups in total. The molecule has 0 heterocycles. The molecule has 0 saturated heterocycles. The number of nitrogens with zero attached hydrogens (tertiary/aromatic N) is 2. The second-order valence-electron chi connectivity index (χ2n) is 8.86. The summed E-state index contributed by atoms with van der Waals surface area (Å²) in [5, 5.41) is 2.60. The molecule has 0 aliphatic heterocycles. The third-order valence-corrected chi connectivity index (χ3v) is 3.87. The number of anilines is 1. The number of ether oxygens (including phenoxy) is 2. The summed E-state index contributed by atoms with van der Waals surface area (Å²) in [6.07, 6.45) is 4.31. The van der Waals surface area contributed by atoms with Crippen LogP contribution in [0.15, 0.2) is 42.1 Å². The average Bonchev–Trinajstić information content (AvgIpc) is 2.57. The molecule has 1 aliphatic carbocycles. The van der Waals surface area contributed by atoms with E-state index in [1.165, 1.54) is 10.0 Å². The third kappa shape index (κ3) is 6.29. The van der Waals surface area contributed by atoms with Gasteiger partial charge in [-0.25, -0.2) is 9.59 Å². The summed E-state index contributed by atoms with van der Waals surface area (Å²) in [5.41, 5.74) is -0.116. The Morgan fingerprint density at radius 2 is 1.36 bits per heavy atom. The summed E-state index contributed by atoms with van der Waals surface area (Å²) in [6.45, 7) is 10.8. The summed E-state index contributed by atoms with van der Waals surface area (Å²) in [5.74, 6) is 0. The lowest BCUT2D eigenvalue weighted by Crippen LogP contribution is -2.52. The zero-order valence-corrected chi connectivity index (χ0v) is 17.8. The number of amides is 2. The minimum absolute atomic E-state index is 0.536. The maximum absolute atomic E-state index is 13.2. The van der Waals surface area contributed by atoms with Crippen molar-refractivity contribution in [2.75, 3.05) is 5.01 Å². The van der Waals surface area contributed by atoms with E-state index in [2.05, 4.69) is 0 Å². The van der Waals surface area contributed by atoms with Crippen molar-refractivity contribution in [3.63, 3.8) is 0 Å². The van der Waals surface area contributed by atoms with Crippen molar-refractivity contribution >= 4 is 17.9 Å². The number of hydrazine groups is 1. The van der Waals surface area contributed by atoms with Crippen molar-refractivity contribution in [2.24, 2.45) is 0 Å². The Balaban J connectivity index is 2.52. The number of carbonyl (C=O) groups is 2. The van der Waals surface area contributed by atoms with Crippen molar-refractivity contribution in [1.29, 1.82) is 0 Å². The topological polar surface area (TPSA) is 59.1 Å². The molecule has 0 atom stereocenters. The Hall–Kier alpha value is -2.50. The van der Waals surface area contributed by atoms with Crippen LogP contribution in [0.1, 0.15) is 67.2 Å². The molecule has 1 aliphatic rings. The summed E-state index contributed by atoms with van der Waals surface area (Å²) >= 11 is 0. The molecule has 6 heteroatoms. The van der Waals surface area contributed by atoms with Crippen molar-refractivity contribution in [3.05, 3.63) is 42.1 Å². The van der Waals surface area contributed by atoms with E-state index in [9.17, 15) is 9.59 Å². The lowest BCUT2D eigenvalue weighted by Gasteiger charge is -2.38. The predicted octanol–water partition coefficient (Wildman–Crippen LogP) is 6.04. The normalized spacial score (nSPS) is 14.7. The van der Waals surface area contributed by atoms with E-state index in [1.807, 2.05) is 24.3 Å². The first kappa shape index (κ1) is 21.8. The minimum atomic E-state index is -0.704. The Labute approximate surface area is 168 Å². The molecule has 0 aromatic heterocycles. The van der Waals surface area contributed by atoms with Gasteiger partial charge in [0.15, 0.2) is 0 Å². The SMILES string of the molecule is CC(C)(C)OC(=O)N(C1=CCCCC1)N(C(=O)OC(C)(C)C)c1ccccc1. The zero-order chi connectivity index (χ0) is 20.9. The van der Waals surface area contributed by atoms with Crippen LogP contribution in [0.5, 0.6) is 0 Å². The highest BCUT2D eigenvalue weighted by Gasteiger charge is 2.36. The third-order valence-electron chi connectivity index (χ3n) is 3.87. The van der Waals surface area contributed by atoms with Gasteiger partial charge in [0.05, 0.1) is 5.69 Å². The quantitative estimate of drug-likeness (QED) is 0.580. The highest BCUT2D eigenvalue weighted by Crippen LogP contribution is 2.29. The van der Waals surface area contributed by atoms with Crippen LogP contribution in [-0.4, -0.2) is 28.4 Å². The van der Waals surface area contributed by atoms with Gasteiger partial charge in [-0.15, -0.1) is 0 Å². The molecule has 0 spiro atoms. The van der Waals surface area contributed by atoms with Crippen molar-refractivity contribution in [1.82, 2.24) is 5.01 Å². The number of hydrogen-bond donors (Lipinski definition) is 0. The van der Waals surface area contributed by atoms with E-state index >= 15 is 0 Å². The molecule has 2 rings (SSSR count). The van der Waals surface area contributed by atoms with Crippen LogP contribution in [0.4, 0.5) is 15.3 Å². The van der Waals surface area contributed by atoms with Gasteiger partial charge < -0.3 is 9.47 Å². The molecule has 0 unspecified atom stereocenters. The van der Waals surface area contributed by atoms with Crippen molar-refractivity contribution in [2.45, 2.75) is 78.4 Å². The molecular formula is C22H32N2O4.